The number of hydrogen-bond donors (Lipinski definition) is 1. The standard InChI is InChI=1S/C13H23NO2/c1-5-10-6-8-11(9-7-10)14-12(15)16-13(2,3)4/h5,10-11H,1,6-9H2,2-4H3,(H,14,15). The molecule has 16 heavy (non-hydrogen) atoms. The second-order valence-electron chi connectivity index (χ2n) is 5.49. The van der Waals surface area contributed by atoms with Gasteiger partial charge in [0.25, 0.3) is 0 Å². The van der Waals surface area contributed by atoms with E-state index >= 15 is 0 Å². The third-order valence-corrected chi connectivity index (χ3v) is 2.83. The van der Waals surface area contributed by atoms with Crippen LogP contribution in [0.3, 0.4) is 0 Å². The molecular formula is C13H23NO2. The number of alkyl carbamates (subject to hydrolysis) is 1. The van der Waals surface area contributed by atoms with Gasteiger partial charge in [-0.1, -0.05) is 6.08 Å². The van der Waals surface area contributed by atoms with Crippen LogP contribution in [0.1, 0.15) is 46.5 Å². The van der Waals surface area contributed by atoms with Crippen LogP contribution in [0, 0.1) is 5.92 Å². The van der Waals surface area contributed by atoms with E-state index in [4.69, 9.17) is 4.74 Å². The van der Waals surface area contributed by atoms with E-state index in [-0.39, 0.29) is 12.1 Å². The third-order valence-electron chi connectivity index (χ3n) is 2.83. The van der Waals surface area contributed by atoms with Crippen LogP contribution in [-0.4, -0.2) is 17.7 Å². The van der Waals surface area contributed by atoms with Gasteiger partial charge in [-0.15, -0.1) is 6.58 Å². The molecule has 0 aromatic heterocycles. The van der Waals surface area contributed by atoms with Crippen molar-refractivity contribution in [2.45, 2.75) is 58.1 Å². The summed E-state index contributed by atoms with van der Waals surface area (Å²) >= 11 is 0. The summed E-state index contributed by atoms with van der Waals surface area (Å²) in [4.78, 5) is 11.5. The van der Waals surface area contributed by atoms with Crippen LogP contribution < -0.4 is 5.32 Å². The van der Waals surface area contributed by atoms with Gasteiger partial charge < -0.3 is 10.1 Å². The highest BCUT2D eigenvalue weighted by Gasteiger charge is 2.23. The fraction of sp³-hybridized carbons (Fsp3) is 0.769. The number of allylic oxidation sites excluding steroid dienone is 1. The van der Waals surface area contributed by atoms with Gasteiger partial charge >= 0.3 is 6.09 Å². The smallest absolute Gasteiger partial charge is 0.407 e. The van der Waals surface area contributed by atoms with Crippen molar-refractivity contribution >= 4 is 6.09 Å². The number of carbonyl (C=O) groups is 1. The SMILES string of the molecule is C=CC1CCC(NC(=O)OC(C)(C)C)CC1. The second kappa shape index (κ2) is 5.37. The van der Waals surface area contributed by atoms with E-state index in [1.54, 1.807) is 0 Å². The van der Waals surface area contributed by atoms with Crippen molar-refractivity contribution in [3.63, 3.8) is 0 Å². The number of amides is 1. The maximum absolute atomic E-state index is 11.5. The van der Waals surface area contributed by atoms with E-state index in [1.165, 1.54) is 0 Å². The Labute approximate surface area is 98.2 Å². The van der Waals surface area contributed by atoms with Crippen LogP contribution in [0.25, 0.3) is 0 Å². The summed E-state index contributed by atoms with van der Waals surface area (Å²) in [6.45, 7) is 9.44. The molecule has 0 aromatic rings. The average molecular weight is 225 g/mol. The van der Waals surface area contributed by atoms with Crippen molar-refractivity contribution in [1.29, 1.82) is 0 Å². The van der Waals surface area contributed by atoms with Gasteiger partial charge in [-0.2, -0.15) is 0 Å². The highest BCUT2D eigenvalue weighted by Crippen LogP contribution is 2.24. The summed E-state index contributed by atoms with van der Waals surface area (Å²) in [5.74, 6) is 0.622. The minimum atomic E-state index is -0.414. The molecule has 1 aliphatic carbocycles. The van der Waals surface area contributed by atoms with Crippen LogP contribution in [0.15, 0.2) is 12.7 Å². The Bertz CT molecular complexity index is 247. The maximum atomic E-state index is 11.5. The van der Waals surface area contributed by atoms with E-state index in [2.05, 4.69) is 11.9 Å². The topological polar surface area (TPSA) is 38.3 Å². The molecule has 1 amide bonds. The molecule has 0 spiro atoms. The van der Waals surface area contributed by atoms with Gasteiger partial charge in [-0.3, -0.25) is 0 Å². The molecule has 0 heterocycles. The summed E-state index contributed by atoms with van der Waals surface area (Å²) in [6, 6.07) is 0.269. The van der Waals surface area contributed by atoms with E-state index < -0.39 is 5.60 Å². The molecule has 1 fully saturated rings. The lowest BCUT2D eigenvalue weighted by atomic mass is 9.86. The number of rotatable bonds is 2. The Morgan fingerprint density at radius 1 is 1.31 bits per heavy atom. The zero-order valence-corrected chi connectivity index (χ0v) is 10.6. The van der Waals surface area contributed by atoms with E-state index in [9.17, 15) is 4.79 Å². The lowest BCUT2D eigenvalue weighted by Crippen LogP contribution is -2.40. The molecule has 1 rings (SSSR count). The summed E-state index contributed by atoms with van der Waals surface area (Å²) in [5, 5.41) is 2.92. The zero-order chi connectivity index (χ0) is 12.2. The third kappa shape index (κ3) is 4.69. The molecule has 0 bridgehead atoms. The molecule has 0 saturated heterocycles. The molecule has 0 unspecified atom stereocenters. The maximum Gasteiger partial charge on any atom is 0.407 e. The summed E-state index contributed by atoms with van der Waals surface area (Å²) in [7, 11) is 0. The van der Waals surface area contributed by atoms with Crippen LogP contribution in [0.2, 0.25) is 0 Å². The van der Waals surface area contributed by atoms with Crippen LogP contribution >= 0.6 is 0 Å². The van der Waals surface area contributed by atoms with Crippen molar-refractivity contribution in [2.75, 3.05) is 0 Å². The normalized spacial score (nSPS) is 25.9. The molecule has 1 aliphatic rings. The Morgan fingerprint density at radius 2 is 1.88 bits per heavy atom. The summed E-state index contributed by atoms with van der Waals surface area (Å²) in [6.07, 6.45) is 6.00. The van der Waals surface area contributed by atoms with Crippen molar-refractivity contribution < 1.29 is 9.53 Å². The molecule has 1 N–H and O–H groups in total. The minimum absolute atomic E-state index is 0.269. The largest absolute Gasteiger partial charge is 0.444 e. The van der Waals surface area contributed by atoms with Crippen LogP contribution in [0.4, 0.5) is 4.79 Å². The Kier molecular flexibility index (Phi) is 4.39. The van der Waals surface area contributed by atoms with Gasteiger partial charge in [-0.25, -0.2) is 4.79 Å². The van der Waals surface area contributed by atoms with Gasteiger partial charge in [0.15, 0.2) is 0 Å². The fourth-order valence-electron chi connectivity index (χ4n) is 1.97. The van der Waals surface area contributed by atoms with Crippen molar-refractivity contribution in [1.82, 2.24) is 5.32 Å². The lowest BCUT2D eigenvalue weighted by molar-refractivity contribution is 0.0490. The van der Waals surface area contributed by atoms with Gasteiger partial charge in [0, 0.05) is 6.04 Å². The Balaban J connectivity index is 2.28. The first-order valence-corrected chi connectivity index (χ1v) is 6.03. The highest BCUT2D eigenvalue weighted by atomic mass is 16.6. The van der Waals surface area contributed by atoms with Gasteiger partial charge in [0.2, 0.25) is 0 Å². The molecule has 0 radical (unpaired) electrons. The quantitative estimate of drug-likeness (QED) is 0.732. The number of hydrogen-bond acceptors (Lipinski definition) is 2. The minimum Gasteiger partial charge on any atom is -0.444 e. The first-order valence-electron chi connectivity index (χ1n) is 6.03. The van der Waals surface area contributed by atoms with Crippen LogP contribution in [0.5, 0.6) is 0 Å². The Hall–Kier alpha value is -0.990. The van der Waals surface area contributed by atoms with Crippen molar-refractivity contribution in [2.24, 2.45) is 5.92 Å². The number of ether oxygens (including phenoxy) is 1. The lowest BCUT2D eigenvalue weighted by Gasteiger charge is -2.28. The fourth-order valence-corrected chi connectivity index (χ4v) is 1.97. The molecule has 92 valence electrons. The Morgan fingerprint density at radius 3 is 2.31 bits per heavy atom. The summed E-state index contributed by atoms with van der Waals surface area (Å²) in [5.41, 5.74) is -0.414. The van der Waals surface area contributed by atoms with Crippen LogP contribution in [-0.2, 0) is 4.74 Å². The van der Waals surface area contributed by atoms with Gasteiger partial charge in [-0.05, 0) is 52.4 Å². The molecule has 0 aliphatic heterocycles. The number of carbonyl (C=O) groups excluding carboxylic acids is 1. The second-order valence-corrected chi connectivity index (χ2v) is 5.49. The van der Waals surface area contributed by atoms with E-state index in [0.29, 0.717) is 5.92 Å². The van der Waals surface area contributed by atoms with E-state index in [1.807, 2.05) is 26.8 Å². The first kappa shape index (κ1) is 13.1. The van der Waals surface area contributed by atoms with Gasteiger partial charge in [0.05, 0.1) is 0 Å². The van der Waals surface area contributed by atoms with Crippen molar-refractivity contribution in [3.05, 3.63) is 12.7 Å². The molecular weight excluding hydrogens is 202 g/mol. The predicted octanol–water partition coefficient (Wildman–Crippen LogP) is 3.26. The van der Waals surface area contributed by atoms with Gasteiger partial charge in [0.1, 0.15) is 5.60 Å². The predicted molar refractivity (Wildman–Crippen MR) is 65.3 cm³/mol. The first-order chi connectivity index (χ1) is 7.40. The molecule has 1 saturated carbocycles. The highest BCUT2D eigenvalue weighted by molar-refractivity contribution is 5.68. The average Bonchev–Trinajstić information content (AvgIpc) is 2.16. The van der Waals surface area contributed by atoms with Crippen molar-refractivity contribution in [3.8, 4) is 0 Å². The van der Waals surface area contributed by atoms with E-state index in [0.717, 1.165) is 25.7 Å². The molecule has 0 atom stereocenters. The molecule has 3 nitrogen and oxygen atoms in total. The zero-order valence-electron chi connectivity index (χ0n) is 10.6. The molecule has 0 aromatic carbocycles. The molecule has 3 heteroatoms. The number of nitrogens with one attached hydrogen (secondary N) is 1. The monoisotopic (exact) mass is 225 g/mol. The summed E-state index contributed by atoms with van der Waals surface area (Å²) < 4.78 is 5.22.